The van der Waals surface area contributed by atoms with Crippen LogP contribution in [0.3, 0.4) is 0 Å². The van der Waals surface area contributed by atoms with Crippen LogP contribution in [-0.4, -0.2) is 35.9 Å². The van der Waals surface area contributed by atoms with Gasteiger partial charge < -0.3 is 10.2 Å². The van der Waals surface area contributed by atoms with E-state index in [4.69, 9.17) is 0 Å². The molecule has 0 aliphatic rings. The Morgan fingerprint density at radius 2 is 1.88 bits per heavy atom. The largest absolute Gasteiger partial charge is 0.347 e. The summed E-state index contributed by atoms with van der Waals surface area (Å²) >= 11 is 1.43. The summed E-state index contributed by atoms with van der Waals surface area (Å²) in [6, 6.07) is 9.47. The van der Waals surface area contributed by atoms with Gasteiger partial charge in [-0.15, -0.1) is 11.3 Å². The highest BCUT2D eigenvalue weighted by atomic mass is 32.1. The van der Waals surface area contributed by atoms with Gasteiger partial charge in [0, 0.05) is 17.8 Å². The van der Waals surface area contributed by atoms with E-state index in [0.29, 0.717) is 18.2 Å². The summed E-state index contributed by atoms with van der Waals surface area (Å²) in [7, 11) is 1.96. The van der Waals surface area contributed by atoms with Crippen LogP contribution in [0.4, 0.5) is 10.8 Å². The molecule has 0 aliphatic heterocycles. The molecule has 2 aromatic rings. The third-order valence-electron chi connectivity index (χ3n) is 3.52. The van der Waals surface area contributed by atoms with Crippen molar-refractivity contribution in [3.8, 4) is 0 Å². The standard InChI is InChI=1S/C19H26N4O2S/c1-14(24)23(16-9-7-6-8-10-16)18-20-15(13-26-18)11-22(5)12-17(25)21-19(2,3)4/h6-10,13H,11-12H2,1-5H3,(H,21,25)/p+1. The summed E-state index contributed by atoms with van der Waals surface area (Å²) in [4.78, 5) is 31.4. The zero-order chi connectivity index (χ0) is 19.3. The van der Waals surface area contributed by atoms with Gasteiger partial charge in [0.15, 0.2) is 11.7 Å². The van der Waals surface area contributed by atoms with Crippen molar-refractivity contribution in [2.45, 2.75) is 39.8 Å². The summed E-state index contributed by atoms with van der Waals surface area (Å²) in [6.07, 6.45) is 0. The molecule has 2 amide bonds. The number of carbonyl (C=O) groups excluding carboxylic acids is 2. The number of nitrogens with one attached hydrogen (secondary N) is 2. The molecule has 1 atom stereocenters. The predicted molar refractivity (Wildman–Crippen MR) is 105 cm³/mol. The van der Waals surface area contributed by atoms with Crippen molar-refractivity contribution in [1.29, 1.82) is 0 Å². The lowest BCUT2D eigenvalue weighted by atomic mass is 10.1. The van der Waals surface area contributed by atoms with Gasteiger partial charge in [0.05, 0.1) is 12.7 Å². The summed E-state index contributed by atoms with van der Waals surface area (Å²) in [5, 5.41) is 5.55. The van der Waals surface area contributed by atoms with Gasteiger partial charge in [-0.25, -0.2) is 4.98 Å². The predicted octanol–water partition coefficient (Wildman–Crippen LogP) is 1.76. The molecule has 0 saturated heterocycles. The summed E-state index contributed by atoms with van der Waals surface area (Å²) < 4.78 is 0. The van der Waals surface area contributed by atoms with Gasteiger partial charge in [-0.1, -0.05) is 18.2 Å². The Bertz CT molecular complexity index is 752. The first-order chi connectivity index (χ1) is 12.2. The number of thiazole rings is 1. The highest BCUT2D eigenvalue weighted by Gasteiger charge is 2.20. The van der Waals surface area contributed by atoms with Crippen molar-refractivity contribution in [2.24, 2.45) is 0 Å². The molecule has 0 bridgehead atoms. The highest BCUT2D eigenvalue weighted by Crippen LogP contribution is 2.28. The van der Waals surface area contributed by atoms with E-state index in [1.54, 1.807) is 4.90 Å². The van der Waals surface area contributed by atoms with E-state index in [0.717, 1.165) is 16.3 Å². The average Bonchev–Trinajstić information content (AvgIpc) is 2.93. The maximum absolute atomic E-state index is 12.1. The van der Waals surface area contributed by atoms with Gasteiger partial charge in [0.2, 0.25) is 5.91 Å². The van der Waals surface area contributed by atoms with Crippen molar-refractivity contribution in [1.82, 2.24) is 10.3 Å². The smallest absolute Gasteiger partial charge is 0.275 e. The molecule has 1 heterocycles. The molecule has 1 unspecified atom stereocenters. The Morgan fingerprint density at radius 3 is 2.46 bits per heavy atom. The second-order valence-electron chi connectivity index (χ2n) is 7.42. The zero-order valence-corrected chi connectivity index (χ0v) is 16.8. The molecule has 1 aromatic heterocycles. The Labute approximate surface area is 158 Å². The van der Waals surface area contributed by atoms with E-state index in [1.807, 2.05) is 63.5 Å². The number of hydrogen-bond acceptors (Lipinski definition) is 4. The molecule has 0 fully saturated rings. The number of carbonyl (C=O) groups is 2. The molecule has 1 aromatic carbocycles. The molecule has 0 saturated carbocycles. The first-order valence-electron chi connectivity index (χ1n) is 8.58. The minimum absolute atomic E-state index is 0.0140. The van der Waals surface area contributed by atoms with Crippen LogP contribution in [-0.2, 0) is 16.1 Å². The molecule has 2 N–H and O–H groups in total. The van der Waals surface area contributed by atoms with E-state index < -0.39 is 0 Å². The Balaban J connectivity index is 2.04. The number of quaternary nitrogens is 1. The minimum atomic E-state index is -0.233. The number of nitrogens with zero attached hydrogens (tertiary/aromatic N) is 2. The second kappa shape index (κ2) is 8.42. The molecule has 6 nitrogen and oxygen atoms in total. The summed E-state index contributed by atoms with van der Waals surface area (Å²) in [5.41, 5.74) is 1.43. The minimum Gasteiger partial charge on any atom is -0.347 e. The van der Waals surface area contributed by atoms with Crippen molar-refractivity contribution in [2.75, 3.05) is 18.5 Å². The van der Waals surface area contributed by atoms with Gasteiger partial charge in [-0.05, 0) is 32.9 Å². The lowest BCUT2D eigenvalue weighted by Gasteiger charge is -2.21. The molecule has 2 rings (SSSR count). The molecule has 140 valence electrons. The van der Waals surface area contributed by atoms with Crippen molar-refractivity contribution < 1.29 is 14.5 Å². The van der Waals surface area contributed by atoms with Crippen LogP contribution in [0.25, 0.3) is 0 Å². The van der Waals surface area contributed by atoms with E-state index in [2.05, 4.69) is 10.3 Å². The van der Waals surface area contributed by atoms with E-state index in [1.165, 1.54) is 18.3 Å². The SMILES string of the molecule is CC(=O)N(c1ccccc1)c1nc(C[NH+](C)CC(=O)NC(C)(C)C)cs1. The second-order valence-corrected chi connectivity index (χ2v) is 8.26. The molecular weight excluding hydrogens is 348 g/mol. The van der Waals surface area contributed by atoms with Crippen molar-refractivity contribution >= 4 is 34.0 Å². The number of amides is 2. The van der Waals surface area contributed by atoms with Gasteiger partial charge in [0.25, 0.3) is 5.91 Å². The quantitative estimate of drug-likeness (QED) is 0.808. The van der Waals surface area contributed by atoms with Crippen LogP contribution in [0.5, 0.6) is 0 Å². The first kappa shape index (κ1) is 20.1. The third-order valence-corrected chi connectivity index (χ3v) is 4.39. The Morgan fingerprint density at radius 1 is 1.23 bits per heavy atom. The van der Waals surface area contributed by atoms with Gasteiger partial charge in [-0.2, -0.15) is 0 Å². The number of hydrogen-bond donors (Lipinski definition) is 2. The topological polar surface area (TPSA) is 66.7 Å². The Kier molecular flexibility index (Phi) is 6.50. The lowest BCUT2D eigenvalue weighted by Crippen LogP contribution is -3.09. The van der Waals surface area contributed by atoms with E-state index in [9.17, 15) is 9.59 Å². The van der Waals surface area contributed by atoms with Crippen LogP contribution >= 0.6 is 11.3 Å². The fourth-order valence-corrected chi connectivity index (χ4v) is 3.48. The van der Waals surface area contributed by atoms with Crippen LogP contribution in [0.1, 0.15) is 33.4 Å². The number of benzene rings is 1. The van der Waals surface area contributed by atoms with E-state index >= 15 is 0 Å². The van der Waals surface area contributed by atoms with Crippen LogP contribution in [0.2, 0.25) is 0 Å². The fourth-order valence-electron chi connectivity index (χ4n) is 2.59. The van der Waals surface area contributed by atoms with Crippen LogP contribution in [0, 0.1) is 0 Å². The number of rotatable bonds is 6. The number of aromatic nitrogens is 1. The van der Waals surface area contributed by atoms with Crippen molar-refractivity contribution in [3.63, 3.8) is 0 Å². The number of para-hydroxylation sites is 1. The zero-order valence-electron chi connectivity index (χ0n) is 16.0. The van der Waals surface area contributed by atoms with Gasteiger partial charge in [-0.3, -0.25) is 14.5 Å². The first-order valence-corrected chi connectivity index (χ1v) is 9.46. The lowest BCUT2D eigenvalue weighted by molar-refractivity contribution is -0.885. The molecule has 0 radical (unpaired) electrons. The summed E-state index contributed by atoms with van der Waals surface area (Å²) in [5.74, 6) is -0.0672. The monoisotopic (exact) mass is 375 g/mol. The van der Waals surface area contributed by atoms with Gasteiger partial charge in [0.1, 0.15) is 12.2 Å². The van der Waals surface area contributed by atoms with Crippen molar-refractivity contribution in [3.05, 3.63) is 41.4 Å². The number of likely N-dealkylation sites (N-methyl/N-ethyl adjacent to an activating group) is 1. The maximum atomic E-state index is 12.1. The van der Waals surface area contributed by atoms with Crippen LogP contribution < -0.4 is 15.1 Å². The normalized spacial score (nSPS) is 12.5. The van der Waals surface area contributed by atoms with E-state index in [-0.39, 0.29) is 17.4 Å². The van der Waals surface area contributed by atoms with Gasteiger partial charge >= 0.3 is 0 Å². The summed E-state index contributed by atoms with van der Waals surface area (Å²) in [6.45, 7) is 8.42. The Hall–Kier alpha value is -2.25. The molecule has 0 aliphatic carbocycles. The molecular formula is C19H27N4O2S+. The maximum Gasteiger partial charge on any atom is 0.275 e. The molecule has 26 heavy (non-hydrogen) atoms. The van der Waals surface area contributed by atoms with Crippen LogP contribution in [0.15, 0.2) is 35.7 Å². The average molecular weight is 376 g/mol. The highest BCUT2D eigenvalue weighted by molar-refractivity contribution is 7.14. The fraction of sp³-hybridized carbons (Fsp3) is 0.421. The molecule has 0 spiro atoms. The molecule has 7 heteroatoms. The third kappa shape index (κ3) is 5.93. The number of anilines is 2.